The molecule has 7 nitrogen and oxygen atoms in total. The molecule has 1 aliphatic heterocycles. The molecule has 0 radical (unpaired) electrons. The van der Waals surface area contributed by atoms with Gasteiger partial charge in [-0.2, -0.15) is 18.2 Å². The number of methoxy groups -OCH3 is 1. The van der Waals surface area contributed by atoms with Crippen LogP contribution in [-0.4, -0.2) is 41.8 Å². The number of hydrogen-bond acceptors (Lipinski definition) is 6. The predicted molar refractivity (Wildman–Crippen MR) is 92.5 cm³/mol. The van der Waals surface area contributed by atoms with Crippen LogP contribution in [0.1, 0.15) is 18.7 Å². The Kier molecular flexibility index (Phi) is 6.45. The number of carbonyl (C=O) groups is 1. The number of benzene rings is 1. The molecule has 11 heteroatoms. The molecule has 2 aromatic rings. The summed E-state index contributed by atoms with van der Waals surface area (Å²) in [6.45, 7) is 1.36. The highest BCUT2D eigenvalue weighted by atomic mass is 35.5. The topological polar surface area (TPSA) is 89.3 Å². The smallest absolute Gasteiger partial charge is 0.368 e. The summed E-state index contributed by atoms with van der Waals surface area (Å²) in [7, 11) is 1.50. The number of piperidine rings is 1. The molecule has 148 valence electrons. The van der Waals surface area contributed by atoms with Crippen molar-refractivity contribution < 1.29 is 27.2 Å². The third-order valence-corrected chi connectivity index (χ3v) is 4.29. The number of carbonyl (C=O) groups excluding carboxylic acids is 1. The molecule has 0 spiro atoms. The van der Waals surface area contributed by atoms with Crippen LogP contribution in [0.4, 0.5) is 18.9 Å². The van der Waals surface area contributed by atoms with Crippen LogP contribution in [0.2, 0.25) is 0 Å². The first kappa shape index (κ1) is 21.1. The molecule has 1 aliphatic rings. The van der Waals surface area contributed by atoms with Gasteiger partial charge >= 0.3 is 12.1 Å². The molecule has 0 unspecified atom stereocenters. The first-order chi connectivity index (χ1) is 12.3. The molecule has 2 heterocycles. The number of nitrogens with zero attached hydrogens (tertiary/aromatic N) is 2. The lowest BCUT2D eigenvalue weighted by atomic mass is 9.91. The standard InChI is InChI=1S/C16H17F3N4O3.ClH/c1-25-15(6-8-20-9-7-15)13(24)21-11-4-2-10(3-5-11)12-22-14(26-23-12)16(17,18)19;/h2-5,20H,6-9H2,1H3,(H,21,24);1H. The van der Waals surface area contributed by atoms with Crippen LogP contribution < -0.4 is 10.6 Å². The van der Waals surface area contributed by atoms with Crippen molar-refractivity contribution in [3.8, 4) is 11.4 Å². The molecule has 1 aromatic heterocycles. The fraction of sp³-hybridized carbons (Fsp3) is 0.438. The molecule has 1 saturated heterocycles. The van der Waals surface area contributed by atoms with Crippen molar-refractivity contribution in [2.24, 2.45) is 0 Å². The number of amides is 1. The van der Waals surface area contributed by atoms with E-state index in [0.717, 1.165) is 0 Å². The minimum Gasteiger partial charge on any atom is -0.368 e. The zero-order valence-corrected chi connectivity index (χ0v) is 15.1. The van der Waals surface area contributed by atoms with Crippen LogP contribution in [0.15, 0.2) is 28.8 Å². The number of anilines is 1. The van der Waals surface area contributed by atoms with Gasteiger partial charge in [0.2, 0.25) is 5.82 Å². The molecular formula is C16H18ClF3N4O3. The summed E-state index contributed by atoms with van der Waals surface area (Å²) in [5.74, 6) is -1.84. The van der Waals surface area contributed by atoms with Gasteiger partial charge in [-0.05, 0) is 50.2 Å². The zero-order valence-electron chi connectivity index (χ0n) is 14.3. The van der Waals surface area contributed by atoms with Crippen LogP contribution in [-0.2, 0) is 15.7 Å². The second kappa shape index (κ2) is 8.24. The lowest BCUT2D eigenvalue weighted by Crippen LogP contribution is -2.51. The molecule has 27 heavy (non-hydrogen) atoms. The largest absolute Gasteiger partial charge is 0.471 e. The Morgan fingerprint density at radius 2 is 1.89 bits per heavy atom. The van der Waals surface area contributed by atoms with E-state index in [9.17, 15) is 18.0 Å². The fourth-order valence-electron chi connectivity index (χ4n) is 2.76. The first-order valence-corrected chi connectivity index (χ1v) is 7.93. The summed E-state index contributed by atoms with van der Waals surface area (Å²) < 4.78 is 47.2. The van der Waals surface area contributed by atoms with Crippen molar-refractivity contribution in [1.82, 2.24) is 15.5 Å². The maximum absolute atomic E-state index is 12.6. The van der Waals surface area contributed by atoms with Gasteiger partial charge in [-0.3, -0.25) is 4.79 Å². The van der Waals surface area contributed by atoms with E-state index in [2.05, 4.69) is 25.3 Å². The average molecular weight is 407 g/mol. The summed E-state index contributed by atoms with van der Waals surface area (Å²) in [5.41, 5.74) is -0.0574. The molecule has 0 saturated carbocycles. The molecule has 1 aromatic carbocycles. The van der Waals surface area contributed by atoms with Crippen molar-refractivity contribution in [3.05, 3.63) is 30.2 Å². The molecule has 0 atom stereocenters. The van der Waals surface area contributed by atoms with Gasteiger partial charge in [0.05, 0.1) is 0 Å². The van der Waals surface area contributed by atoms with Gasteiger partial charge in [0.15, 0.2) is 0 Å². The van der Waals surface area contributed by atoms with Crippen LogP contribution in [0.25, 0.3) is 11.4 Å². The van der Waals surface area contributed by atoms with Crippen molar-refractivity contribution in [2.75, 3.05) is 25.5 Å². The second-order valence-electron chi connectivity index (χ2n) is 5.90. The molecule has 2 N–H and O–H groups in total. The minimum atomic E-state index is -4.69. The summed E-state index contributed by atoms with van der Waals surface area (Å²) in [6.07, 6.45) is -3.59. The van der Waals surface area contributed by atoms with E-state index in [1.54, 1.807) is 12.1 Å². The van der Waals surface area contributed by atoms with Gasteiger partial charge in [0.1, 0.15) is 5.60 Å². The Morgan fingerprint density at radius 1 is 1.26 bits per heavy atom. The summed E-state index contributed by atoms with van der Waals surface area (Å²) >= 11 is 0. The van der Waals surface area contributed by atoms with Gasteiger partial charge in [-0.1, -0.05) is 5.16 Å². The van der Waals surface area contributed by atoms with Crippen LogP contribution >= 0.6 is 12.4 Å². The summed E-state index contributed by atoms with van der Waals surface area (Å²) in [6, 6.07) is 6.12. The lowest BCUT2D eigenvalue weighted by Gasteiger charge is -2.34. The monoisotopic (exact) mass is 406 g/mol. The van der Waals surface area contributed by atoms with E-state index in [1.807, 2.05) is 0 Å². The number of aromatic nitrogens is 2. The number of halogens is 4. The highest BCUT2D eigenvalue weighted by Crippen LogP contribution is 2.30. The molecule has 0 bridgehead atoms. The second-order valence-corrected chi connectivity index (χ2v) is 5.90. The van der Waals surface area contributed by atoms with Gasteiger partial charge in [-0.15, -0.1) is 12.4 Å². The zero-order chi connectivity index (χ0) is 18.8. The van der Waals surface area contributed by atoms with Crippen molar-refractivity contribution in [2.45, 2.75) is 24.6 Å². The third-order valence-electron chi connectivity index (χ3n) is 4.29. The van der Waals surface area contributed by atoms with Crippen molar-refractivity contribution >= 4 is 24.0 Å². The third kappa shape index (κ3) is 4.57. The van der Waals surface area contributed by atoms with Gasteiger partial charge in [0, 0.05) is 18.4 Å². The number of rotatable bonds is 4. The molecule has 1 amide bonds. The van der Waals surface area contributed by atoms with Crippen LogP contribution in [0, 0.1) is 0 Å². The molecule has 3 rings (SSSR count). The number of hydrogen-bond donors (Lipinski definition) is 2. The van der Waals surface area contributed by atoms with Crippen LogP contribution in [0.5, 0.6) is 0 Å². The predicted octanol–water partition coefficient (Wildman–Crippen LogP) is 2.88. The Labute approximate surface area is 159 Å². The van der Waals surface area contributed by atoms with E-state index < -0.39 is 17.7 Å². The minimum absolute atomic E-state index is 0. The lowest BCUT2D eigenvalue weighted by molar-refractivity contribution is -0.159. The van der Waals surface area contributed by atoms with E-state index in [-0.39, 0.29) is 24.1 Å². The first-order valence-electron chi connectivity index (χ1n) is 7.93. The highest BCUT2D eigenvalue weighted by molar-refractivity contribution is 5.97. The number of alkyl halides is 3. The molecule has 0 aliphatic carbocycles. The molecular weight excluding hydrogens is 389 g/mol. The van der Waals surface area contributed by atoms with Gasteiger partial charge in [-0.25, -0.2) is 0 Å². The Morgan fingerprint density at radius 3 is 2.41 bits per heavy atom. The maximum atomic E-state index is 12.6. The van der Waals surface area contributed by atoms with Gasteiger partial charge < -0.3 is 19.9 Å². The molecule has 1 fully saturated rings. The highest BCUT2D eigenvalue weighted by Gasteiger charge is 2.40. The Bertz CT molecular complexity index is 774. The SMILES string of the molecule is COC1(C(=O)Nc2ccc(-c3noc(C(F)(F)F)n3)cc2)CCNCC1.Cl. The van der Waals surface area contributed by atoms with Crippen LogP contribution in [0.3, 0.4) is 0 Å². The normalized spacial score (nSPS) is 16.4. The van der Waals surface area contributed by atoms with E-state index in [0.29, 0.717) is 37.2 Å². The average Bonchev–Trinajstić information content (AvgIpc) is 3.13. The summed E-state index contributed by atoms with van der Waals surface area (Å²) in [5, 5.41) is 9.26. The van der Waals surface area contributed by atoms with Crippen molar-refractivity contribution in [3.63, 3.8) is 0 Å². The number of ether oxygens (including phenoxy) is 1. The van der Waals surface area contributed by atoms with E-state index in [4.69, 9.17) is 4.74 Å². The maximum Gasteiger partial charge on any atom is 0.471 e. The Hall–Kier alpha value is -2.17. The summed E-state index contributed by atoms with van der Waals surface area (Å²) in [4.78, 5) is 15.9. The Balaban J connectivity index is 0.00000261. The van der Waals surface area contributed by atoms with Crippen molar-refractivity contribution in [1.29, 1.82) is 0 Å². The van der Waals surface area contributed by atoms with E-state index >= 15 is 0 Å². The quantitative estimate of drug-likeness (QED) is 0.811. The number of nitrogens with one attached hydrogen (secondary N) is 2. The van der Waals surface area contributed by atoms with E-state index in [1.165, 1.54) is 19.2 Å². The fourth-order valence-corrected chi connectivity index (χ4v) is 2.76. The van der Waals surface area contributed by atoms with Gasteiger partial charge in [0.25, 0.3) is 5.91 Å².